The predicted molar refractivity (Wildman–Crippen MR) is 115 cm³/mol. The van der Waals surface area contributed by atoms with Gasteiger partial charge in [-0.3, -0.25) is 0 Å². The molecule has 2 heteroatoms. The lowest BCUT2D eigenvalue weighted by molar-refractivity contribution is 0.177. The Hall–Kier alpha value is -0.0800. The van der Waals surface area contributed by atoms with Gasteiger partial charge in [0.2, 0.25) is 0 Å². The third kappa shape index (κ3) is 14.7. The van der Waals surface area contributed by atoms with Crippen LogP contribution >= 0.6 is 0 Å². The molecule has 2 N–H and O–H groups in total. The van der Waals surface area contributed by atoms with Crippen LogP contribution in [0, 0.1) is 11.3 Å². The van der Waals surface area contributed by atoms with Crippen LogP contribution in [0.25, 0.3) is 0 Å². The number of nitrogens with one attached hydrogen (secondary N) is 2. The van der Waals surface area contributed by atoms with Gasteiger partial charge in [-0.1, -0.05) is 92.4 Å². The third-order valence-electron chi connectivity index (χ3n) is 5.87. The average molecular weight is 355 g/mol. The van der Waals surface area contributed by atoms with Gasteiger partial charge in [0.15, 0.2) is 0 Å². The largest absolute Gasteiger partial charge is 0.317 e. The molecule has 0 rings (SSSR count). The lowest BCUT2D eigenvalue weighted by Crippen LogP contribution is -2.34. The van der Waals surface area contributed by atoms with Crippen LogP contribution in [0.2, 0.25) is 0 Å². The molecule has 0 saturated carbocycles. The summed E-state index contributed by atoms with van der Waals surface area (Å²) in [5.74, 6) is 0.811. The van der Waals surface area contributed by atoms with E-state index in [0.29, 0.717) is 5.41 Å². The van der Waals surface area contributed by atoms with Gasteiger partial charge in [-0.15, -0.1) is 0 Å². The highest BCUT2D eigenvalue weighted by atomic mass is 14.9. The molecule has 0 amide bonds. The molecule has 0 spiro atoms. The molecule has 25 heavy (non-hydrogen) atoms. The van der Waals surface area contributed by atoms with Gasteiger partial charge in [-0.05, 0) is 56.8 Å². The van der Waals surface area contributed by atoms with E-state index in [0.717, 1.165) is 12.5 Å². The second-order valence-electron chi connectivity index (χ2n) is 8.58. The zero-order valence-electron chi connectivity index (χ0n) is 18.4. The number of hydrogen-bond donors (Lipinski definition) is 2. The molecule has 0 aliphatic carbocycles. The minimum atomic E-state index is 0.480. The van der Waals surface area contributed by atoms with E-state index in [1.165, 1.54) is 96.7 Å². The fourth-order valence-corrected chi connectivity index (χ4v) is 3.84. The second kappa shape index (κ2) is 17.3. The van der Waals surface area contributed by atoms with Crippen LogP contribution in [0.1, 0.15) is 112 Å². The van der Waals surface area contributed by atoms with Crippen molar-refractivity contribution >= 4 is 0 Å². The van der Waals surface area contributed by atoms with Crippen molar-refractivity contribution in [2.24, 2.45) is 11.3 Å². The SMILES string of the molecule is CCCCCCCCCCC(C)(C)[C@H](CC)CNCCCCNCC. The summed E-state index contributed by atoms with van der Waals surface area (Å²) in [5, 5.41) is 7.13. The molecule has 0 aliphatic rings. The molecule has 2 nitrogen and oxygen atoms in total. The number of hydrogen-bond acceptors (Lipinski definition) is 2. The fraction of sp³-hybridized carbons (Fsp3) is 1.00. The van der Waals surface area contributed by atoms with E-state index < -0.39 is 0 Å². The smallest absolute Gasteiger partial charge is 0.00155 e. The summed E-state index contributed by atoms with van der Waals surface area (Å²) in [6.07, 6.45) is 16.7. The highest BCUT2D eigenvalue weighted by Gasteiger charge is 2.27. The van der Waals surface area contributed by atoms with Crippen molar-refractivity contribution < 1.29 is 0 Å². The Kier molecular flexibility index (Phi) is 17.3. The molecule has 0 heterocycles. The molecule has 0 unspecified atom stereocenters. The van der Waals surface area contributed by atoms with Gasteiger partial charge in [-0.2, -0.15) is 0 Å². The minimum Gasteiger partial charge on any atom is -0.317 e. The first kappa shape index (κ1) is 24.9. The summed E-state index contributed by atoms with van der Waals surface area (Å²) < 4.78 is 0. The third-order valence-corrected chi connectivity index (χ3v) is 5.87. The molecule has 0 aromatic carbocycles. The Balaban J connectivity index is 3.74. The lowest BCUT2D eigenvalue weighted by Gasteiger charge is -2.34. The van der Waals surface area contributed by atoms with E-state index in [9.17, 15) is 0 Å². The Morgan fingerprint density at radius 3 is 1.80 bits per heavy atom. The molecule has 0 aliphatic heterocycles. The Morgan fingerprint density at radius 2 is 1.24 bits per heavy atom. The quantitative estimate of drug-likeness (QED) is 0.257. The first-order chi connectivity index (χ1) is 12.1. The van der Waals surface area contributed by atoms with Gasteiger partial charge in [0, 0.05) is 0 Å². The topological polar surface area (TPSA) is 24.1 Å². The highest BCUT2D eigenvalue weighted by molar-refractivity contribution is 4.79. The molecule has 0 aromatic heterocycles. The van der Waals surface area contributed by atoms with Gasteiger partial charge < -0.3 is 10.6 Å². The standard InChI is InChI=1S/C23H50N2/c1-6-9-10-11-12-13-14-15-18-23(4,5)22(7-2)21-25-20-17-16-19-24-8-3/h22,24-25H,6-21H2,1-5H3/t22-/m1/s1. The minimum absolute atomic E-state index is 0.480. The molecular formula is C23H50N2. The summed E-state index contributed by atoms with van der Waals surface area (Å²) >= 11 is 0. The van der Waals surface area contributed by atoms with Gasteiger partial charge in [0.25, 0.3) is 0 Å². The Morgan fingerprint density at radius 1 is 0.680 bits per heavy atom. The zero-order chi connectivity index (χ0) is 18.8. The van der Waals surface area contributed by atoms with Gasteiger partial charge in [0.1, 0.15) is 0 Å². The monoisotopic (exact) mass is 354 g/mol. The summed E-state index contributed by atoms with van der Waals surface area (Å²) in [7, 11) is 0. The lowest BCUT2D eigenvalue weighted by atomic mass is 9.73. The summed E-state index contributed by atoms with van der Waals surface area (Å²) in [5.41, 5.74) is 0.480. The molecule has 1 atom stereocenters. The van der Waals surface area contributed by atoms with Crippen LogP contribution in [0.15, 0.2) is 0 Å². The summed E-state index contributed by atoms with van der Waals surface area (Å²) in [4.78, 5) is 0. The molecule has 0 bridgehead atoms. The molecule has 0 saturated heterocycles. The van der Waals surface area contributed by atoms with Crippen LogP contribution in [0.5, 0.6) is 0 Å². The number of rotatable bonds is 19. The first-order valence-corrected chi connectivity index (χ1v) is 11.5. The van der Waals surface area contributed by atoms with Crippen molar-refractivity contribution in [2.75, 3.05) is 26.2 Å². The van der Waals surface area contributed by atoms with Crippen molar-refractivity contribution in [1.29, 1.82) is 0 Å². The second-order valence-corrected chi connectivity index (χ2v) is 8.58. The predicted octanol–water partition coefficient (Wildman–Crippen LogP) is 6.55. The maximum Gasteiger partial charge on any atom is -0.00155 e. The van der Waals surface area contributed by atoms with Crippen LogP contribution in [-0.2, 0) is 0 Å². The van der Waals surface area contributed by atoms with Crippen LogP contribution < -0.4 is 10.6 Å². The highest BCUT2D eigenvalue weighted by Crippen LogP contribution is 2.34. The van der Waals surface area contributed by atoms with Gasteiger partial charge in [-0.25, -0.2) is 0 Å². The molecule has 0 aromatic rings. The van der Waals surface area contributed by atoms with E-state index in [1.54, 1.807) is 0 Å². The first-order valence-electron chi connectivity index (χ1n) is 11.5. The fourth-order valence-electron chi connectivity index (χ4n) is 3.84. The normalized spacial score (nSPS) is 13.3. The van der Waals surface area contributed by atoms with E-state index in [-0.39, 0.29) is 0 Å². The van der Waals surface area contributed by atoms with Crippen molar-refractivity contribution in [3.8, 4) is 0 Å². The van der Waals surface area contributed by atoms with Crippen molar-refractivity contribution in [3.63, 3.8) is 0 Å². The Labute approximate surface area is 160 Å². The van der Waals surface area contributed by atoms with Crippen molar-refractivity contribution in [1.82, 2.24) is 10.6 Å². The summed E-state index contributed by atoms with van der Waals surface area (Å²) in [6, 6.07) is 0. The maximum absolute atomic E-state index is 3.72. The van der Waals surface area contributed by atoms with Crippen LogP contribution in [0.3, 0.4) is 0 Å². The van der Waals surface area contributed by atoms with E-state index >= 15 is 0 Å². The average Bonchev–Trinajstić information content (AvgIpc) is 2.59. The van der Waals surface area contributed by atoms with Crippen molar-refractivity contribution in [3.05, 3.63) is 0 Å². The molecule has 152 valence electrons. The molecule has 0 radical (unpaired) electrons. The summed E-state index contributed by atoms with van der Waals surface area (Å²) in [6.45, 7) is 16.5. The van der Waals surface area contributed by atoms with E-state index in [4.69, 9.17) is 0 Å². The van der Waals surface area contributed by atoms with E-state index in [2.05, 4.69) is 45.3 Å². The van der Waals surface area contributed by atoms with Crippen molar-refractivity contribution in [2.45, 2.75) is 112 Å². The maximum atomic E-state index is 3.72. The zero-order valence-corrected chi connectivity index (χ0v) is 18.4. The van der Waals surface area contributed by atoms with Crippen LogP contribution in [0.4, 0.5) is 0 Å². The Bertz CT molecular complexity index is 263. The van der Waals surface area contributed by atoms with Crippen LogP contribution in [-0.4, -0.2) is 26.2 Å². The molecule has 0 fully saturated rings. The van der Waals surface area contributed by atoms with E-state index in [1.807, 2.05) is 0 Å². The number of unbranched alkanes of at least 4 members (excludes halogenated alkanes) is 8. The molecular weight excluding hydrogens is 304 g/mol. The van der Waals surface area contributed by atoms with Gasteiger partial charge >= 0.3 is 0 Å². The van der Waals surface area contributed by atoms with Gasteiger partial charge in [0.05, 0.1) is 0 Å².